The summed E-state index contributed by atoms with van der Waals surface area (Å²) >= 11 is 0. The first kappa shape index (κ1) is 50.8. The summed E-state index contributed by atoms with van der Waals surface area (Å²) in [4.78, 5) is 21.0. The minimum absolute atomic E-state index is 0.0124. The summed E-state index contributed by atoms with van der Waals surface area (Å²) in [6, 6.07) is 95.1. The second kappa shape index (κ2) is 19.8. The molecule has 7 heteroatoms. The van der Waals surface area contributed by atoms with Crippen LogP contribution in [0, 0.1) is 0 Å². The largest absolute Gasteiger partial charge is 0.311 e. The van der Waals surface area contributed by atoms with Gasteiger partial charge in [0.05, 0.1) is 16.7 Å². The van der Waals surface area contributed by atoms with E-state index in [1.165, 1.54) is 49.7 Å². The Hall–Kier alpha value is -10.1. The second-order valence-electron chi connectivity index (χ2n) is 24.4. The van der Waals surface area contributed by atoms with Gasteiger partial charge < -0.3 is 14.4 Å². The van der Waals surface area contributed by atoms with Crippen LogP contribution in [0.15, 0.2) is 261 Å². The van der Waals surface area contributed by atoms with Gasteiger partial charge in [0.2, 0.25) is 0 Å². The molecule has 15 rings (SSSR count). The molecule has 0 fully saturated rings. The molecule has 2 aromatic heterocycles. The normalized spacial score (nSPS) is 12.8. The molecule has 0 saturated carbocycles. The van der Waals surface area contributed by atoms with Gasteiger partial charge in [-0.3, -0.25) is 0 Å². The van der Waals surface area contributed by atoms with Gasteiger partial charge in [0.25, 0.3) is 6.71 Å². The van der Waals surface area contributed by atoms with Crippen LogP contribution in [0.3, 0.4) is 0 Å². The fourth-order valence-electron chi connectivity index (χ4n) is 13.0. The van der Waals surface area contributed by atoms with Crippen LogP contribution in [0.4, 0.5) is 34.1 Å². The van der Waals surface area contributed by atoms with Crippen molar-refractivity contribution in [1.29, 1.82) is 0 Å². The van der Waals surface area contributed by atoms with E-state index in [9.17, 15) is 0 Å². The number of benzene rings is 11. The molecule has 2 aliphatic rings. The molecule has 0 bridgehead atoms. The van der Waals surface area contributed by atoms with E-state index in [0.717, 1.165) is 78.4 Å². The van der Waals surface area contributed by atoms with E-state index in [2.05, 4.69) is 280 Å². The molecule has 0 atom stereocenters. The average molecular weight is 1080 g/mol. The van der Waals surface area contributed by atoms with Crippen LogP contribution in [0.1, 0.15) is 52.7 Å². The molecule has 0 saturated heterocycles. The summed E-state index contributed by atoms with van der Waals surface area (Å²) in [5.41, 5.74) is 23.5. The minimum Gasteiger partial charge on any atom is -0.311 e. The van der Waals surface area contributed by atoms with Gasteiger partial charge in [-0.05, 0) is 140 Å². The first-order chi connectivity index (χ1) is 40.9. The predicted molar refractivity (Wildman–Crippen MR) is 353 cm³/mol. The van der Waals surface area contributed by atoms with Gasteiger partial charge in [0, 0.05) is 67.2 Å². The molecule has 11 aromatic carbocycles. The molecule has 0 radical (unpaired) electrons. The molecular formula is C77H61BN6. The maximum Gasteiger partial charge on any atom is 0.252 e. The van der Waals surface area contributed by atoms with E-state index < -0.39 is 0 Å². The summed E-state index contributed by atoms with van der Waals surface area (Å²) in [5, 5.41) is 2.41. The molecule has 0 N–H and O–H groups in total. The number of hydrogen-bond donors (Lipinski definition) is 0. The van der Waals surface area contributed by atoms with Gasteiger partial charge in [-0.2, -0.15) is 0 Å². The Kier molecular flexibility index (Phi) is 12.0. The second-order valence-corrected chi connectivity index (χ2v) is 24.4. The molecule has 402 valence electrons. The lowest BCUT2D eigenvalue weighted by Gasteiger charge is -2.44. The fraction of sp³-hybridized carbons (Fsp3) is 0.104. The third kappa shape index (κ3) is 8.52. The van der Waals surface area contributed by atoms with Crippen LogP contribution in [-0.2, 0) is 10.8 Å². The van der Waals surface area contributed by atoms with Gasteiger partial charge in [-0.1, -0.05) is 217 Å². The van der Waals surface area contributed by atoms with Crippen molar-refractivity contribution < 1.29 is 0 Å². The average Bonchev–Trinajstić information content (AvgIpc) is 1.74. The van der Waals surface area contributed by atoms with Crippen LogP contribution in [0.2, 0.25) is 0 Å². The smallest absolute Gasteiger partial charge is 0.252 e. The Bertz CT molecular complexity index is 4450. The Morgan fingerprint density at radius 3 is 1.24 bits per heavy atom. The highest BCUT2D eigenvalue weighted by molar-refractivity contribution is 7.00. The zero-order chi connectivity index (χ0) is 56.8. The summed E-state index contributed by atoms with van der Waals surface area (Å²) in [5.74, 6) is 1.82. The van der Waals surface area contributed by atoms with E-state index in [4.69, 9.17) is 15.0 Å². The highest BCUT2D eigenvalue weighted by Crippen LogP contribution is 2.48. The van der Waals surface area contributed by atoms with Crippen molar-refractivity contribution in [3.63, 3.8) is 0 Å². The number of aromatic nitrogens is 4. The lowest BCUT2D eigenvalue weighted by Crippen LogP contribution is -2.61. The van der Waals surface area contributed by atoms with Crippen molar-refractivity contribution in [2.45, 2.75) is 52.4 Å². The standard InChI is InChI=1S/C77H61BN6/c1-76(2,3)55-41-43-65-61(48-55)62-49-56(77(4,5)6)42-44-66(62)84(65)72-59(35-24-36-60(72)75-80-73(50-25-11-7-12-26-50)79-74(81-75)51-27-13-8-14-28-51)53-30-23-29-52(45-53)54-46-69-71-70(47-54)83(58-33-17-10-18-34-58)68-40-22-20-38-64(68)78(71)63-37-19-21-39-67(63)82(69)57-31-15-9-16-32-57/h7-49H,1-6H3. The first-order valence-electron chi connectivity index (χ1n) is 29.2. The topological polar surface area (TPSA) is 50.1 Å². The van der Waals surface area contributed by atoms with Crippen molar-refractivity contribution in [3.05, 3.63) is 272 Å². The van der Waals surface area contributed by atoms with Gasteiger partial charge in [-0.25, -0.2) is 15.0 Å². The van der Waals surface area contributed by atoms with E-state index in [0.29, 0.717) is 17.5 Å². The number of nitrogens with zero attached hydrogens (tertiary/aromatic N) is 6. The summed E-state index contributed by atoms with van der Waals surface area (Å²) in [6.45, 7) is 13.8. The Morgan fingerprint density at radius 1 is 0.321 bits per heavy atom. The molecule has 0 unspecified atom stereocenters. The molecule has 84 heavy (non-hydrogen) atoms. The van der Waals surface area contributed by atoms with Crippen molar-refractivity contribution in [1.82, 2.24) is 19.5 Å². The zero-order valence-corrected chi connectivity index (χ0v) is 48.1. The summed E-state index contributed by atoms with van der Waals surface area (Å²) in [6.07, 6.45) is 0. The van der Waals surface area contributed by atoms with Crippen molar-refractivity contribution in [2.24, 2.45) is 0 Å². The van der Waals surface area contributed by atoms with Gasteiger partial charge in [-0.15, -0.1) is 0 Å². The number of anilines is 6. The van der Waals surface area contributed by atoms with E-state index in [1.54, 1.807) is 0 Å². The SMILES string of the molecule is CC(C)(C)c1ccc2c(c1)c1cc(C(C)(C)C)ccc1n2-c1c(-c2cccc(-c3cc4c5c(c3)N(c3ccccc3)c3ccccc3B5c3ccccc3N4c3ccccc3)c2)cccc1-c1nc(-c2ccccc2)nc(-c2ccccc2)n1. The van der Waals surface area contributed by atoms with E-state index in [-0.39, 0.29) is 17.5 Å². The Labute approximate surface area is 492 Å². The van der Waals surface area contributed by atoms with E-state index in [1.807, 2.05) is 36.4 Å². The third-order valence-corrected chi connectivity index (χ3v) is 17.1. The lowest BCUT2D eigenvalue weighted by molar-refractivity contribution is 0.590. The van der Waals surface area contributed by atoms with Crippen molar-refractivity contribution >= 4 is 79.0 Å². The highest BCUT2D eigenvalue weighted by Gasteiger charge is 2.43. The quantitative estimate of drug-likeness (QED) is 0.142. The minimum atomic E-state index is -0.0700. The molecule has 0 spiro atoms. The van der Waals surface area contributed by atoms with Crippen molar-refractivity contribution in [3.8, 4) is 62.1 Å². The molecule has 13 aromatic rings. The number of rotatable bonds is 8. The Balaban J connectivity index is 1.01. The third-order valence-electron chi connectivity index (χ3n) is 17.1. The van der Waals surface area contributed by atoms with Gasteiger partial charge >= 0.3 is 0 Å². The van der Waals surface area contributed by atoms with E-state index >= 15 is 0 Å². The number of para-hydroxylation sites is 5. The van der Waals surface area contributed by atoms with Crippen LogP contribution in [-0.4, -0.2) is 26.2 Å². The Morgan fingerprint density at radius 2 is 0.738 bits per heavy atom. The molecule has 4 heterocycles. The highest BCUT2D eigenvalue weighted by atomic mass is 15.2. The molecule has 2 aliphatic heterocycles. The van der Waals surface area contributed by atoms with Crippen molar-refractivity contribution in [2.75, 3.05) is 9.80 Å². The number of fused-ring (bicyclic) bond motifs is 7. The summed E-state index contributed by atoms with van der Waals surface area (Å²) < 4.78 is 2.49. The molecule has 0 aliphatic carbocycles. The molecule has 6 nitrogen and oxygen atoms in total. The maximum atomic E-state index is 5.45. The van der Waals surface area contributed by atoms with Crippen LogP contribution < -0.4 is 26.2 Å². The molecular weight excluding hydrogens is 1020 g/mol. The lowest BCUT2D eigenvalue weighted by atomic mass is 9.33. The van der Waals surface area contributed by atoms with Crippen LogP contribution in [0.25, 0.3) is 83.9 Å². The number of hydrogen-bond acceptors (Lipinski definition) is 5. The predicted octanol–water partition coefficient (Wildman–Crippen LogP) is 18.0. The summed E-state index contributed by atoms with van der Waals surface area (Å²) in [7, 11) is 0. The van der Waals surface area contributed by atoms with Gasteiger partial charge in [0.15, 0.2) is 17.5 Å². The molecule has 0 amide bonds. The first-order valence-corrected chi connectivity index (χ1v) is 29.2. The zero-order valence-electron chi connectivity index (χ0n) is 48.1. The maximum absolute atomic E-state index is 5.45. The van der Waals surface area contributed by atoms with Crippen LogP contribution >= 0.6 is 0 Å². The van der Waals surface area contributed by atoms with Gasteiger partial charge in [0.1, 0.15) is 0 Å². The fourth-order valence-corrected chi connectivity index (χ4v) is 13.0. The monoisotopic (exact) mass is 1080 g/mol. The van der Waals surface area contributed by atoms with Crippen LogP contribution in [0.5, 0.6) is 0 Å².